The van der Waals surface area contributed by atoms with Gasteiger partial charge in [-0.3, -0.25) is 9.59 Å². The number of hydrogen-bond donors (Lipinski definition) is 0. The van der Waals surface area contributed by atoms with Gasteiger partial charge in [0.25, 0.3) is 0 Å². The number of rotatable bonds is 0. The van der Waals surface area contributed by atoms with Crippen molar-refractivity contribution >= 4 is 11.9 Å². The lowest BCUT2D eigenvalue weighted by Gasteiger charge is -2.33. The minimum absolute atomic E-state index is 0.155. The molecule has 1 aliphatic heterocycles. The van der Waals surface area contributed by atoms with Gasteiger partial charge in [-0.05, 0) is 31.6 Å². The molecule has 2 aliphatic carbocycles. The second-order valence-electron chi connectivity index (χ2n) is 4.74. The molecule has 0 aromatic rings. The molecule has 1 heterocycles. The first kappa shape index (κ1) is 9.13. The van der Waals surface area contributed by atoms with Gasteiger partial charge >= 0.3 is 11.9 Å². The van der Waals surface area contributed by atoms with Crippen LogP contribution in [0.5, 0.6) is 0 Å². The van der Waals surface area contributed by atoms with Gasteiger partial charge in [-0.25, -0.2) is 0 Å². The summed E-state index contributed by atoms with van der Waals surface area (Å²) < 4.78 is 4.75. The average Bonchev–Trinajstić information content (AvgIpc) is 2.55. The molecule has 0 unspecified atom stereocenters. The molecule has 2 fully saturated rings. The number of fused-ring (bicyclic) bond motifs is 3. The molecular formula is C12H14O3. The van der Waals surface area contributed by atoms with Crippen molar-refractivity contribution in [2.75, 3.05) is 0 Å². The maximum Gasteiger partial charge on any atom is 0.318 e. The van der Waals surface area contributed by atoms with Crippen molar-refractivity contribution in [3.63, 3.8) is 0 Å². The summed E-state index contributed by atoms with van der Waals surface area (Å²) in [6.45, 7) is 0. The summed E-state index contributed by atoms with van der Waals surface area (Å²) in [7, 11) is 0. The van der Waals surface area contributed by atoms with Gasteiger partial charge in [0.2, 0.25) is 0 Å². The van der Waals surface area contributed by atoms with Crippen LogP contribution >= 0.6 is 0 Å². The lowest BCUT2D eigenvalue weighted by molar-refractivity contribution is -0.154. The molecule has 3 atom stereocenters. The predicted molar refractivity (Wildman–Crippen MR) is 52.7 cm³/mol. The Kier molecular flexibility index (Phi) is 1.94. The molecule has 3 rings (SSSR count). The Balaban J connectivity index is 1.96. The highest BCUT2D eigenvalue weighted by Gasteiger charge is 2.50. The van der Waals surface area contributed by atoms with Gasteiger partial charge in [0.1, 0.15) is 0 Å². The lowest BCUT2D eigenvalue weighted by atomic mass is 9.67. The van der Waals surface area contributed by atoms with E-state index in [0.29, 0.717) is 12.3 Å². The normalized spacial score (nSPS) is 39.2. The molecule has 3 heteroatoms. The Labute approximate surface area is 88.5 Å². The van der Waals surface area contributed by atoms with Crippen LogP contribution in [0, 0.1) is 17.8 Å². The third-order valence-corrected chi connectivity index (χ3v) is 3.98. The molecule has 0 radical (unpaired) electrons. The van der Waals surface area contributed by atoms with E-state index in [2.05, 4.69) is 6.08 Å². The molecule has 1 saturated heterocycles. The molecule has 0 N–H and O–H groups in total. The van der Waals surface area contributed by atoms with Crippen LogP contribution in [-0.4, -0.2) is 11.9 Å². The first-order valence-electron chi connectivity index (χ1n) is 5.72. The summed E-state index contributed by atoms with van der Waals surface area (Å²) in [6, 6.07) is 0. The fourth-order valence-corrected chi connectivity index (χ4v) is 3.25. The van der Waals surface area contributed by atoms with E-state index in [9.17, 15) is 9.59 Å². The van der Waals surface area contributed by atoms with Gasteiger partial charge < -0.3 is 4.74 Å². The van der Waals surface area contributed by atoms with E-state index in [1.807, 2.05) is 0 Å². The van der Waals surface area contributed by atoms with Crippen LogP contribution in [0.1, 0.15) is 32.1 Å². The van der Waals surface area contributed by atoms with Gasteiger partial charge in [0, 0.05) is 0 Å². The average molecular weight is 206 g/mol. The number of carbonyl (C=O) groups is 2. The summed E-state index contributed by atoms with van der Waals surface area (Å²) in [5, 5.41) is 0. The van der Waals surface area contributed by atoms with Crippen LogP contribution in [0.3, 0.4) is 0 Å². The lowest BCUT2D eigenvalue weighted by Crippen LogP contribution is -2.32. The third kappa shape index (κ3) is 1.25. The highest BCUT2D eigenvalue weighted by Crippen LogP contribution is 2.46. The minimum atomic E-state index is -0.300. The Morgan fingerprint density at radius 3 is 2.87 bits per heavy atom. The van der Waals surface area contributed by atoms with Gasteiger partial charge in [0.15, 0.2) is 0 Å². The Bertz CT molecular complexity index is 356. The standard InChI is InChI=1S/C12H14O3/c13-11-9-6-5-7-3-1-2-4-8(7)10(9)12(14)15-11/h5,8-10H,1-4,6H2/t8-,9-,10-/m0/s1. The van der Waals surface area contributed by atoms with Crippen LogP contribution < -0.4 is 0 Å². The summed E-state index contributed by atoms with van der Waals surface area (Å²) in [5.74, 6) is -0.605. The summed E-state index contributed by atoms with van der Waals surface area (Å²) in [4.78, 5) is 23.0. The number of hydrogen-bond acceptors (Lipinski definition) is 3. The van der Waals surface area contributed by atoms with Crippen molar-refractivity contribution in [2.24, 2.45) is 17.8 Å². The molecule has 15 heavy (non-hydrogen) atoms. The number of allylic oxidation sites excluding steroid dienone is 2. The zero-order chi connectivity index (χ0) is 10.4. The predicted octanol–water partition coefficient (Wildman–Crippen LogP) is 1.82. The fourth-order valence-electron chi connectivity index (χ4n) is 3.25. The van der Waals surface area contributed by atoms with Crippen molar-refractivity contribution < 1.29 is 14.3 Å². The van der Waals surface area contributed by atoms with Crippen molar-refractivity contribution in [1.29, 1.82) is 0 Å². The summed E-state index contributed by atoms with van der Waals surface area (Å²) >= 11 is 0. The van der Waals surface area contributed by atoms with Crippen LogP contribution in [0.2, 0.25) is 0 Å². The van der Waals surface area contributed by atoms with Crippen molar-refractivity contribution in [3.8, 4) is 0 Å². The first-order valence-corrected chi connectivity index (χ1v) is 5.72. The molecule has 1 saturated carbocycles. The van der Waals surface area contributed by atoms with E-state index in [4.69, 9.17) is 4.74 Å². The topological polar surface area (TPSA) is 43.4 Å². The van der Waals surface area contributed by atoms with Crippen molar-refractivity contribution in [3.05, 3.63) is 11.6 Å². The second kappa shape index (κ2) is 3.19. The minimum Gasteiger partial charge on any atom is -0.393 e. The van der Waals surface area contributed by atoms with E-state index in [1.54, 1.807) is 0 Å². The molecule has 3 aliphatic rings. The van der Waals surface area contributed by atoms with E-state index >= 15 is 0 Å². The van der Waals surface area contributed by atoms with E-state index in [0.717, 1.165) is 12.8 Å². The first-order chi connectivity index (χ1) is 7.27. The summed E-state index contributed by atoms with van der Waals surface area (Å²) in [5.41, 5.74) is 1.40. The van der Waals surface area contributed by atoms with Gasteiger partial charge in [-0.15, -0.1) is 0 Å². The number of ether oxygens (including phenoxy) is 1. The summed E-state index contributed by atoms with van der Waals surface area (Å²) in [6.07, 6.45) is 7.44. The van der Waals surface area contributed by atoms with Gasteiger partial charge in [0.05, 0.1) is 11.8 Å². The van der Waals surface area contributed by atoms with Crippen molar-refractivity contribution in [1.82, 2.24) is 0 Å². The van der Waals surface area contributed by atoms with E-state index < -0.39 is 0 Å². The van der Waals surface area contributed by atoms with Crippen LogP contribution in [0.4, 0.5) is 0 Å². The SMILES string of the molecule is O=C1OC(=O)[C@H]2CC=C3CCCC[C@@H]3[C@H]12. The molecule has 0 aromatic carbocycles. The van der Waals surface area contributed by atoms with Gasteiger partial charge in [-0.1, -0.05) is 18.1 Å². The smallest absolute Gasteiger partial charge is 0.318 e. The number of esters is 2. The molecule has 0 spiro atoms. The monoisotopic (exact) mass is 206 g/mol. The Morgan fingerprint density at radius 1 is 1.13 bits per heavy atom. The maximum absolute atomic E-state index is 11.6. The second-order valence-corrected chi connectivity index (χ2v) is 4.74. The highest BCUT2D eigenvalue weighted by atomic mass is 16.6. The number of cyclic esters (lactones) is 2. The molecule has 0 amide bonds. The molecular weight excluding hydrogens is 192 g/mol. The Hall–Kier alpha value is -1.12. The largest absolute Gasteiger partial charge is 0.393 e. The van der Waals surface area contributed by atoms with Gasteiger partial charge in [-0.2, -0.15) is 0 Å². The number of carbonyl (C=O) groups excluding carboxylic acids is 2. The molecule has 80 valence electrons. The third-order valence-electron chi connectivity index (χ3n) is 3.98. The van der Waals surface area contributed by atoms with Crippen molar-refractivity contribution in [2.45, 2.75) is 32.1 Å². The molecule has 3 nitrogen and oxygen atoms in total. The van der Waals surface area contributed by atoms with E-state index in [-0.39, 0.29) is 23.8 Å². The van der Waals surface area contributed by atoms with E-state index in [1.165, 1.54) is 18.4 Å². The Morgan fingerprint density at radius 2 is 2.00 bits per heavy atom. The molecule has 0 bridgehead atoms. The molecule has 0 aromatic heterocycles. The highest BCUT2D eigenvalue weighted by molar-refractivity contribution is 5.97. The maximum atomic E-state index is 11.6. The quantitative estimate of drug-likeness (QED) is 0.345. The van der Waals surface area contributed by atoms with Crippen LogP contribution in [0.25, 0.3) is 0 Å². The van der Waals surface area contributed by atoms with Crippen LogP contribution in [-0.2, 0) is 14.3 Å². The zero-order valence-electron chi connectivity index (χ0n) is 8.57. The zero-order valence-corrected chi connectivity index (χ0v) is 8.57. The fraction of sp³-hybridized carbons (Fsp3) is 0.667. The van der Waals surface area contributed by atoms with Crippen LogP contribution in [0.15, 0.2) is 11.6 Å².